The highest BCUT2D eigenvalue weighted by Crippen LogP contribution is 2.35. The van der Waals surface area contributed by atoms with Gasteiger partial charge in [0.05, 0.1) is 27.9 Å². The van der Waals surface area contributed by atoms with E-state index in [0.717, 1.165) is 10.5 Å². The van der Waals surface area contributed by atoms with E-state index < -0.39 is 14.8 Å². The van der Waals surface area contributed by atoms with E-state index >= 15 is 0 Å². The molecule has 1 unspecified atom stereocenters. The Morgan fingerprint density at radius 2 is 2.00 bits per heavy atom. The molecule has 128 valence electrons. The summed E-state index contributed by atoms with van der Waals surface area (Å²) in [6.07, 6.45) is 3.02. The lowest BCUT2D eigenvalue weighted by atomic mass is 10.3. The molecule has 0 amide bonds. The second-order valence-electron chi connectivity index (χ2n) is 5.50. The zero-order valence-corrected chi connectivity index (χ0v) is 14.3. The van der Waals surface area contributed by atoms with Gasteiger partial charge >= 0.3 is 0 Å². The Labute approximate surface area is 146 Å². The number of sulfone groups is 1. The van der Waals surface area contributed by atoms with Gasteiger partial charge in [-0.2, -0.15) is 0 Å². The fraction of sp³-hybridized carbons (Fsp3) is 0.214. The van der Waals surface area contributed by atoms with Crippen LogP contribution in [0.3, 0.4) is 0 Å². The van der Waals surface area contributed by atoms with Gasteiger partial charge in [-0.05, 0) is 12.1 Å². The summed E-state index contributed by atoms with van der Waals surface area (Å²) in [7, 11) is -3.60. The molecule has 11 heteroatoms. The van der Waals surface area contributed by atoms with Crippen molar-refractivity contribution in [2.24, 2.45) is 0 Å². The molecule has 9 nitrogen and oxygen atoms in total. The van der Waals surface area contributed by atoms with Crippen molar-refractivity contribution in [3.63, 3.8) is 0 Å². The Balaban J connectivity index is 1.66. The molecular formula is C14H11N5O4S2. The minimum absolute atomic E-state index is 0.0644. The van der Waals surface area contributed by atoms with E-state index in [4.69, 9.17) is 0 Å². The van der Waals surface area contributed by atoms with Crippen LogP contribution in [0.4, 0.5) is 5.69 Å². The van der Waals surface area contributed by atoms with E-state index in [1.54, 1.807) is 10.9 Å². The summed E-state index contributed by atoms with van der Waals surface area (Å²) in [5.41, 5.74) is 1.13. The number of rotatable bonds is 4. The molecule has 0 spiro atoms. The van der Waals surface area contributed by atoms with Crippen LogP contribution in [0.2, 0.25) is 0 Å². The van der Waals surface area contributed by atoms with Crippen LogP contribution >= 0.6 is 11.8 Å². The second kappa shape index (κ2) is 5.77. The lowest BCUT2D eigenvalue weighted by Gasteiger charge is -2.23. The van der Waals surface area contributed by atoms with E-state index in [0.29, 0.717) is 11.4 Å². The third kappa shape index (κ3) is 2.74. The minimum Gasteiger partial charge on any atom is -0.322 e. The van der Waals surface area contributed by atoms with Crippen molar-refractivity contribution < 1.29 is 13.3 Å². The van der Waals surface area contributed by atoms with E-state index in [2.05, 4.69) is 15.0 Å². The zero-order chi connectivity index (χ0) is 17.6. The van der Waals surface area contributed by atoms with Crippen LogP contribution in [0.25, 0.3) is 11.2 Å². The van der Waals surface area contributed by atoms with Gasteiger partial charge in [-0.15, -0.1) is 11.8 Å². The first-order chi connectivity index (χ1) is 12.0. The smallest absolute Gasteiger partial charge is 0.269 e. The number of hydrogen-bond donors (Lipinski definition) is 0. The number of nitro benzene ring substituents is 1. The third-order valence-corrected chi connectivity index (χ3v) is 6.89. The number of nitrogens with zero attached hydrogens (tertiary/aromatic N) is 5. The summed E-state index contributed by atoms with van der Waals surface area (Å²) in [5.74, 6) is 0.416. The monoisotopic (exact) mass is 377 g/mol. The maximum absolute atomic E-state index is 12.7. The van der Waals surface area contributed by atoms with Gasteiger partial charge in [-0.1, -0.05) is 0 Å². The molecule has 0 fully saturated rings. The number of nitro groups is 1. The zero-order valence-electron chi connectivity index (χ0n) is 12.6. The molecule has 0 aliphatic carbocycles. The van der Waals surface area contributed by atoms with Crippen LogP contribution in [-0.4, -0.2) is 44.4 Å². The van der Waals surface area contributed by atoms with Crippen LogP contribution in [0.5, 0.6) is 0 Å². The number of benzene rings is 1. The fourth-order valence-corrected chi connectivity index (χ4v) is 5.50. The maximum Gasteiger partial charge on any atom is 0.269 e. The summed E-state index contributed by atoms with van der Waals surface area (Å²) >= 11 is 1.47. The van der Waals surface area contributed by atoms with E-state index in [9.17, 15) is 18.5 Å². The van der Waals surface area contributed by atoms with Gasteiger partial charge in [0.25, 0.3) is 5.69 Å². The number of non-ortho nitro benzene ring substituents is 1. The molecule has 0 saturated carbocycles. The molecule has 1 aromatic carbocycles. The number of hydrogen-bond acceptors (Lipinski definition) is 8. The Kier molecular flexibility index (Phi) is 3.69. The van der Waals surface area contributed by atoms with Crippen molar-refractivity contribution in [3.8, 4) is 0 Å². The fourth-order valence-electron chi connectivity index (χ4n) is 2.74. The van der Waals surface area contributed by atoms with Crippen LogP contribution in [0.1, 0.15) is 6.04 Å². The normalized spacial score (nSPS) is 16.9. The molecule has 0 N–H and O–H groups in total. The van der Waals surface area contributed by atoms with Gasteiger partial charge < -0.3 is 4.57 Å². The van der Waals surface area contributed by atoms with Crippen molar-refractivity contribution >= 4 is 38.5 Å². The average molecular weight is 377 g/mol. The second-order valence-corrected chi connectivity index (χ2v) is 8.54. The van der Waals surface area contributed by atoms with Gasteiger partial charge in [0.1, 0.15) is 16.9 Å². The van der Waals surface area contributed by atoms with Crippen LogP contribution < -0.4 is 0 Å². The van der Waals surface area contributed by atoms with Crippen molar-refractivity contribution in [2.75, 3.05) is 11.5 Å². The topological polar surface area (TPSA) is 121 Å². The summed E-state index contributed by atoms with van der Waals surface area (Å²) in [6.45, 7) is 0. The molecule has 25 heavy (non-hydrogen) atoms. The van der Waals surface area contributed by atoms with Crippen LogP contribution in [0, 0.1) is 10.1 Å². The highest BCUT2D eigenvalue weighted by Gasteiger charge is 2.29. The number of aromatic nitrogens is 4. The standard InChI is InChI=1S/C14H11N5O4S2/c20-19(21)9-1-3-11(4-2-9)25(22,23)6-10-5-24-14-12-13(15-7-16-14)17-8-18(10)12/h1-4,7-8,10H,5-6H2. The molecule has 1 atom stereocenters. The summed E-state index contributed by atoms with van der Waals surface area (Å²) in [4.78, 5) is 22.7. The third-order valence-electron chi connectivity index (χ3n) is 3.96. The minimum atomic E-state index is -3.60. The first-order valence-electron chi connectivity index (χ1n) is 7.23. The molecule has 3 heterocycles. The van der Waals surface area contributed by atoms with Gasteiger partial charge in [0.2, 0.25) is 0 Å². The van der Waals surface area contributed by atoms with Gasteiger partial charge in [-0.25, -0.2) is 23.4 Å². The molecule has 3 aromatic rings. The van der Waals surface area contributed by atoms with Gasteiger partial charge in [0.15, 0.2) is 15.5 Å². The largest absolute Gasteiger partial charge is 0.322 e. The first kappa shape index (κ1) is 16.0. The quantitative estimate of drug-likeness (QED) is 0.384. The highest BCUT2D eigenvalue weighted by atomic mass is 32.2. The van der Waals surface area contributed by atoms with E-state index in [1.165, 1.54) is 42.4 Å². The Morgan fingerprint density at radius 1 is 1.24 bits per heavy atom. The molecule has 1 aliphatic rings. The molecule has 1 aliphatic heterocycles. The highest BCUT2D eigenvalue weighted by molar-refractivity contribution is 7.99. The number of thioether (sulfide) groups is 1. The lowest BCUT2D eigenvalue weighted by molar-refractivity contribution is -0.384. The van der Waals surface area contributed by atoms with Crippen molar-refractivity contribution in [1.82, 2.24) is 19.5 Å². The van der Waals surface area contributed by atoms with Crippen molar-refractivity contribution in [3.05, 3.63) is 47.0 Å². The molecule has 0 saturated heterocycles. The Hall–Kier alpha value is -2.53. The Morgan fingerprint density at radius 3 is 2.72 bits per heavy atom. The molecular weight excluding hydrogens is 366 g/mol. The molecule has 0 radical (unpaired) electrons. The summed E-state index contributed by atoms with van der Waals surface area (Å²) in [6, 6.07) is 4.62. The molecule has 4 rings (SSSR count). The predicted molar refractivity (Wildman–Crippen MR) is 90.2 cm³/mol. The maximum atomic E-state index is 12.7. The SMILES string of the molecule is O=[N+]([O-])c1ccc(S(=O)(=O)CC2CSc3ncnc4ncn2c34)cc1. The Bertz CT molecular complexity index is 1080. The van der Waals surface area contributed by atoms with E-state index in [1.807, 2.05) is 0 Å². The molecule has 0 bridgehead atoms. The molecule has 2 aromatic heterocycles. The lowest BCUT2D eigenvalue weighted by Crippen LogP contribution is -2.24. The number of imidazole rings is 1. The summed E-state index contributed by atoms with van der Waals surface area (Å²) in [5, 5.41) is 11.5. The first-order valence-corrected chi connectivity index (χ1v) is 9.87. The van der Waals surface area contributed by atoms with Crippen LogP contribution in [0.15, 0.2) is 46.8 Å². The van der Waals surface area contributed by atoms with Crippen molar-refractivity contribution in [1.29, 1.82) is 0 Å². The summed E-state index contributed by atoms with van der Waals surface area (Å²) < 4.78 is 27.2. The van der Waals surface area contributed by atoms with Gasteiger partial charge in [0, 0.05) is 17.9 Å². The van der Waals surface area contributed by atoms with E-state index in [-0.39, 0.29) is 22.4 Å². The average Bonchev–Trinajstić information content (AvgIpc) is 3.03. The van der Waals surface area contributed by atoms with Gasteiger partial charge in [-0.3, -0.25) is 10.1 Å². The van der Waals surface area contributed by atoms with Crippen LogP contribution in [-0.2, 0) is 9.84 Å². The van der Waals surface area contributed by atoms with Crippen molar-refractivity contribution in [2.45, 2.75) is 16.0 Å². The predicted octanol–water partition coefficient (Wildman–Crippen LogP) is 1.86.